The maximum absolute atomic E-state index is 13.5. The first-order chi connectivity index (χ1) is 17.9. The molecule has 1 aliphatic rings. The second kappa shape index (κ2) is 11.9. The molecule has 0 saturated carbocycles. The van der Waals surface area contributed by atoms with Crippen LogP contribution in [0, 0.1) is 0 Å². The minimum Gasteiger partial charge on any atom is -0.493 e. The molecule has 3 aromatic carbocycles. The van der Waals surface area contributed by atoms with Gasteiger partial charge in [0.25, 0.3) is 0 Å². The molecule has 1 N–H and O–H groups in total. The van der Waals surface area contributed by atoms with Crippen molar-refractivity contribution < 1.29 is 28.5 Å². The summed E-state index contributed by atoms with van der Waals surface area (Å²) < 4.78 is 21.4. The molecule has 0 aromatic heterocycles. The van der Waals surface area contributed by atoms with Gasteiger partial charge in [-0.3, -0.25) is 9.59 Å². The van der Waals surface area contributed by atoms with Crippen LogP contribution in [0.5, 0.6) is 23.0 Å². The summed E-state index contributed by atoms with van der Waals surface area (Å²) in [4.78, 5) is 28.2. The SMILES string of the molecule is COc1ccc(CC(=O)N(Cc2ccc(Cl)cc2)[C@@H](C)C(=O)NCc2ccc3c(c2)OCO3)cc1OC. The van der Waals surface area contributed by atoms with Gasteiger partial charge in [-0.15, -0.1) is 0 Å². The largest absolute Gasteiger partial charge is 0.493 e. The highest BCUT2D eigenvalue weighted by Crippen LogP contribution is 2.32. The first-order valence-electron chi connectivity index (χ1n) is 11.8. The molecule has 0 spiro atoms. The summed E-state index contributed by atoms with van der Waals surface area (Å²) in [7, 11) is 3.10. The lowest BCUT2D eigenvalue weighted by Crippen LogP contribution is -2.48. The van der Waals surface area contributed by atoms with Crippen LogP contribution in [0.1, 0.15) is 23.6 Å². The Morgan fingerprint density at radius 1 is 0.919 bits per heavy atom. The van der Waals surface area contributed by atoms with Gasteiger partial charge < -0.3 is 29.2 Å². The van der Waals surface area contributed by atoms with Crippen LogP contribution in [0.15, 0.2) is 60.7 Å². The van der Waals surface area contributed by atoms with Crippen LogP contribution >= 0.6 is 11.6 Å². The van der Waals surface area contributed by atoms with Crippen LogP contribution in [0.3, 0.4) is 0 Å². The molecular weight excluding hydrogens is 496 g/mol. The van der Waals surface area contributed by atoms with Crippen LogP contribution < -0.4 is 24.3 Å². The molecule has 3 aromatic rings. The fourth-order valence-corrected chi connectivity index (χ4v) is 4.15. The Balaban J connectivity index is 1.49. The summed E-state index contributed by atoms with van der Waals surface area (Å²) in [6, 6.07) is 17.3. The van der Waals surface area contributed by atoms with Gasteiger partial charge in [0.05, 0.1) is 20.6 Å². The van der Waals surface area contributed by atoms with E-state index < -0.39 is 6.04 Å². The fourth-order valence-electron chi connectivity index (χ4n) is 4.02. The van der Waals surface area contributed by atoms with Gasteiger partial charge in [-0.05, 0) is 60.0 Å². The van der Waals surface area contributed by atoms with E-state index in [9.17, 15) is 9.59 Å². The van der Waals surface area contributed by atoms with Gasteiger partial charge in [-0.2, -0.15) is 0 Å². The Morgan fingerprint density at radius 2 is 1.59 bits per heavy atom. The summed E-state index contributed by atoms with van der Waals surface area (Å²) in [6.07, 6.45) is 0.0910. The predicted octanol–water partition coefficient (Wildman–Crippen LogP) is 4.36. The van der Waals surface area contributed by atoms with E-state index in [1.165, 1.54) is 0 Å². The lowest BCUT2D eigenvalue weighted by molar-refractivity contribution is -0.140. The molecule has 8 nitrogen and oxygen atoms in total. The average molecular weight is 525 g/mol. The lowest BCUT2D eigenvalue weighted by Gasteiger charge is -2.29. The molecule has 0 bridgehead atoms. The molecule has 9 heteroatoms. The highest BCUT2D eigenvalue weighted by molar-refractivity contribution is 6.30. The molecular formula is C28H29ClN2O6. The Kier molecular flexibility index (Phi) is 8.40. The number of carbonyl (C=O) groups is 2. The van der Waals surface area contributed by atoms with E-state index >= 15 is 0 Å². The highest BCUT2D eigenvalue weighted by atomic mass is 35.5. The van der Waals surface area contributed by atoms with E-state index in [1.807, 2.05) is 36.4 Å². The molecule has 0 fully saturated rings. The third-order valence-corrected chi connectivity index (χ3v) is 6.39. The number of hydrogen-bond acceptors (Lipinski definition) is 6. The Labute approximate surface area is 221 Å². The topological polar surface area (TPSA) is 86.3 Å². The Morgan fingerprint density at radius 3 is 2.32 bits per heavy atom. The van der Waals surface area contributed by atoms with E-state index in [4.69, 9.17) is 30.5 Å². The number of ether oxygens (including phenoxy) is 4. The van der Waals surface area contributed by atoms with E-state index in [2.05, 4.69) is 5.32 Å². The standard InChI is InChI=1S/C28H29ClN2O6/c1-18(28(33)30-15-21-7-11-24-26(13-21)37-17-36-24)31(16-19-4-8-22(29)9-5-19)27(32)14-20-6-10-23(34-2)25(12-20)35-3/h4-13,18H,14-17H2,1-3H3,(H,30,33)/t18-/m0/s1. The molecule has 2 amide bonds. The molecule has 1 heterocycles. The van der Waals surface area contributed by atoms with E-state index in [-0.39, 0.29) is 31.6 Å². The zero-order chi connectivity index (χ0) is 26.4. The molecule has 0 unspecified atom stereocenters. The molecule has 194 valence electrons. The van der Waals surface area contributed by atoms with Gasteiger partial charge in [-0.1, -0.05) is 35.9 Å². The third-order valence-electron chi connectivity index (χ3n) is 6.14. The zero-order valence-corrected chi connectivity index (χ0v) is 21.7. The maximum atomic E-state index is 13.5. The number of hydrogen-bond donors (Lipinski definition) is 1. The second-order valence-electron chi connectivity index (χ2n) is 8.60. The lowest BCUT2D eigenvalue weighted by atomic mass is 10.1. The number of fused-ring (bicyclic) bond motifs is 1. The Hall–Kier alpha value is -3.91. The zero-order valence-electron chi connectivity index (χ0n) is 21.0. The van der Waals surface area contributed by atoms with Crippen LogP contribution in [-0.2, 0) is 29.1 Å². The molecule has 1 atom stereocenters. The third kappa shape index (κ3) is 6.46. The van der Waals surface area contributed by atoms with Crippen LogP contribution in [-0.4, -0.2) is 43.8 Å². The average Bonchev–Trinajstić information content (AvgIpc) is 3.39. The van der Waals surface area contributed by atoms with Crippen molar-refractivity contribution >= 4 is 23.4 Å². The first kappa shape index (κ1) is 26.2. The van der Waals surface area contributed by atoms with Crippen LogP contribution in [0.4, 0.5) is 0 Å². The van der Waals surface area contributed by atoms with Crippen LogP contribution in [0.25, 0.3) is 0 Å². The monoisotopic (exact) mass is 524 g/mol. The van der Waals surface area contributed by atoms with Crippen molar-refractivity contribution in [3.63, 3.8) is 0 Å². The number of benzene rings is 3. The molecule has 0 aliphatic carbocycles. The van der Waals surface area contributed by atoms with Crippen molar-refractivity contribution in [1.29, 1.82) is 0 Å². The van der Waals surface area contributed by atoms with E-state index in [0.29, 0.717) is 34.6 Å². The molecule has 37 heavy (non-hydrogen) atoms. The van der Waals surface area contributed by atoms with Gasteiger partial charge in [-0.25, -0.2) is 0 Å². The molecule has 0 radical (unpaired) electrons. The van der Waals surface area contributed by atoms with Gasteiger partial charge in [0.1, 0.15) is 6.04 Å². The number of rotatable bonds is 10. The molecule has 0 saturated heterocycles. The minimum atomic E-state index is -0.725. The number of carbonyl (C=O) groups excluding carboxylic acids is 2. The normalized spacial score (nSPS) is 12.5. The van der Waals surface area contributed by atoms with Crippen LogP contribution in [0.2, 0.25) is 5.02 Å². The maximum Gasteiger partial charge on any atom is 0.242 e. The van der Waals surface area contributed by atoms with Crippen molar-refractivity contribution in [2.75, 3.05) is 21.0 Å². The van der Waals surface area contributed by atoms with Crippen molar-refractivity contribution in [1.82, 2.24) is 10.2 Å². The smallest absolute Gasteiger partial charge is 0.242 e. The van der Waals surface area contributed by atoms with Gasteiger partial charge >= 0.3 is 0 Å². The van der Waals surface area contributed by atoms with E-state index in [1.54, 1.807) is 50.3 Å². The van der Waals surface area contributed by atoms with Crippen molar-refractivity contribution in [3.8, 4) is 23.0 Å². The molecule has 1 aliphatic heterocycles. The number of nitrogens with one attached hydrogen (secondary N) is 1. The summed E-state index contributed by atoms with van der Waals surface area (Å²) in [5.74, 6) is 1.97. The number of nitrogens with zero attached hydrogens (tertiary/aromatic N) is 1. The summed E-state index contributed by atoms with van der Waals surface area (Å²) in [6.45, 7) is 2.45. The predicted molar refractivity (Wildman–Crippen MR) is 139 cm³/mol. The van der Waals surface area contributed by atoms with Gasteiger partial charge in [0.2, 0.25) is 18.6 Å². The summed E-state index contributed by atoms with van der Waals surface area (Å²) in [5.41, 5.74) is 2.47. The Bertz CT molecular complexity index is 1260. The summed E-state index contributed by atoms with van der Waals surface area (Å²) in [5, 5.41) is 3.53. The fraction of sp³-hybridized carbons (Fsp3) is 0.286. The minimum absolute atomic E-state index is 0.0910. The quantitative estimate of drug-likeness (QED) is 0.424. The van der Waals surface area contributed by atoms with Gasteiger partial charge in [0, 0.05) is 18.1 Å². The van der Waals surface area contributed by atoms with Crippen molar-refractivity contribution in [2.45, 2.75) is 32.5 Å². The van der Waals surface area contributed by atoms with E-state index in [0.717, 1.165) is 16.7 Å². The highest BCUT2D eigenvalue weighted by Gasteiger charge is 2.26. The number of halogens is 1. The second-order valence-corrected chi connectivity index (χ2v) is 9.03. The van der Waals surface area contributed by atoms with Crippen molar-refractivity contribution in [3.05, 3.63) is 82.4 Å². The summed E-state index contributed by atoms with van der Waals surface area (Å²) >= 11 is 6.04. The number of methoxy groups -OCH3 is 2. The van der Waals surface area contributed by atoms with Crippen molar-refractivity contribution in [2.24, 2.45) is 0 Å². The molecule has 4 rings (SSSR count). The van der Waals surface area contributed by atoms with Gasteiger partial charge in [0.15, 0.2) is 23.0 Å². The first-order valence-corrected chi connectivity index (χ1v) is 12.2. The number of amides is 2.